The van der Waals surface area contributed by atoms with Crippen LogP contribution in [0.3, 0.4) is 0 Å². The maximum Gasteiger partial charge on any atom is 0.0639 e. The number of hydrogen-bond acceptors (Lipinski definition) is 3. The second kappa shape index (κ2) is 15.3. The monoisotopic (exact) mass is 648 g/mol. The molecule has 0 aliphatic rings. The van der Waals surface area contributed by atoms with Crippen molar-refractivity contribution < 1.29 is 0 Å². The third-order valence-corrected chi connectivity index (χ3v) is 8.83. The van der Waals surface area contributed by atoms with E-state index in [0.29, 0.717) is 6.54 Å². The smallest absolute Gasteiger partial charge is 0.0639 e. The molecule has 236 valence electrons. The lowest BCUT2D eigenvalue weighted by atomic mass is 9.95. The molecule has 7 rings (SSSR count). The Labute approximate surface area is 294 Å². The van der Waals surface area contributed by atoms with Crippen LogP contribution in [0.1, 0.15) is 22.3 Å². The van der Waals surface area contributed by atoms with E-state index >= 15 is 0 Å². The summed E-state index contributed by atoms with van der Waals surface area (Å²) in [4.78, 5) is 5.64. The average molecular weight is 649 g/mol. The second-order valence-electron chi connectivity index (χ2n) is 11.9. The average Bonchev–Trinajstić information content (AvgIpc) is 3.16. The summed E-state index contributed by atoms with van der Waals surface area (Å²) in [5, 5.41) is 3.68. The molecule has 0 spiro atoms. The fraction of sp³-hybridized carbons (Fsp3) is 0.0217. The molecular formula is C46H36N2S. The normalized spacial score (nSPS) is 11.3. The van der Waals surface area contributed by atoms with Gasteiger partial charge in [0, 0.05) is 22.5 Å². The molecular weight excluding hydrogens is 613 g/mol. The standard InChI is InChI=1S/C46H36N2S/c49-46-27-25-41(31-44(46)37-17-8-3-9-18-37)39-20-11-19-38(29-39)40-24-26-45(42(30-40)23-22-34-12-4-1-5-13-34)48-43-21-10-16-36(28-43)33-47-32-35-14-6-2-7-15-35/h1-31,33,48-49H,32H2/b23-22-,47-33+. The van der Waals surface area contributed by atoms with Crippen molar-refractivity contribution in [3.63, 3.8) is 0 Å². The molecule has 0 fully saturated rings. The minimum atomic E-state index is 0.657. The quantitative estimate of drug-likeness (QED) is 0.0861. The predicted molar refractivity (Wildman–Crippen MR) is 213 cm³/mol. The van der Waals surface area contributed by atoms with Gasteiger partial charge in [0.15, 0.2) is 0 Å². The molecule has 0 aromatic heterocycles. The van der Waals surface area contributed by atoms with Crippen LogP contribution in [0.4, 0.5) is 11.4 Å². The van der Waals surface area contributed by atoms with Crippen molar-refractivity contribution in [3.05, 3.63) is 198 Å². The molecule has 7 aromatic carbocycles. The number of hydrogen-bond donors (Lipinski definition) is 2. The van der Waals surface area contributed by atoms with E-state index in [2.05, 4.69) is 168 Å². The minimum absolute atomic E-state index is 0.657. The molecule has 0 unspecified atom stereocenters. The molecule has 0 saturated heterocycles. The summed E-state index contributed by atoms with van der Waals surface area (Å²) in [5.74, 6) is 0. The summed E-state index contributed by atoms with van der Waals surface area (Å²) in [5.41, 5.74) is 13.5. The molecule has 0 radical (unpaired) electrons. The Balaban J connectivity index is 1.19. The first-order chi connectivity index (χ1) is 24.2. The van der Waals surface area contributed by atoms with Gasteiger partial charge in [-0.3, -0.25) is 4.99 Å². The predicted octanol–water partition coefficient (Wildman–Crippen LogP) is 12.5. The van der Waals surface area contributed by atoms with Crippen LogP contribution >= 0.6 is 12.6 Å². The van der Waals surface area contributed by atoms with Crippen molar-refractivity contribution in [2.24, 2.45) is 4.99 Å². The second-order valence-corrected chi connectivity index (χ2v) is 12.4. The lowest BCUT2D eigenvalue weighted by Crippen LogP contribution is -1.95. The summed E-state index contributed by atoms with van der Waals surface area (Å²) in [6, 6.07) is 61.4. The molecule has 0 saturated carbocycles. The molecule has 3 heteroatoms. The van der Waals surface area contributed by atoms with Crippen LogP contribution in [0.5, 0.6) is 0 Å². The molecule has 2 nitrogen and oxygen atoms in total. The van der Waals surface area contributed by atoms with Crippen LogP contribution in [-0.2, 0) is 6.54 Å². The van der Waals surface area contributed by atoms with Crippen LogP contribution in [0.15, 0.2) is 186 Å². The van der Waals surface area contributed by atoms with E-state index in [1.54, 1.807) is 0 Å². The van der Waals surface area contributed by atoms with Gasteiger partial charge in [0.1, 0.15) is 0 Å². The number of aliphatic imine (C=N–C) groups is 1. The number of benzene rings is 7. The summed E-state index contributed by atoms with van der Waals surface area (Å²) >= 11 is 4.76. The Morgan fingerprint density at radius 1 is 0.490 bits per heavy atom. The first kappa shape index (κ1) is 31.7. The highest BCUT2D eigenvalue weighted by Gasteiger charge is 2.09. The van der Waals surface area contributed by atoms with Crippen LogP contribution in [0, 0.1) is 0 Å². The van der Waals surface area contributed by atoms with Gasteiger partial charge in [-0.15, -0.1) is 12.6 Å². The maximum atomic E-state index is 4.76. The zero-order chi connectivity index (χ0) is 33.3. The lowest BCUT2D eigenvalue weighted by Gasteiger charge is -2.14. The first-order valence-corrected chi connectivity index (χ1v) is 16.9. The molecule has 0 aliphatic heterocycles. The molecule has 1 N–H and O–H groups in total. The van der Waals surface area contributed by atoms with Gasteiger partial charge in [0.2, 0.25) is 0 Å². The Morgan fingerprint density at radius 2 is 1.10 bits per heavy atom. The van der Waals surface area contributed by atoms with E-state index in [1.807, 2.05) is 36.5 Å². The van der Waals surface area contributed by atoms with Crippen molar-refractivity contribution in [3.8, 4) is 33.4 Å². The van der Waals surface area contributed by atoms with Gasteiger partial charge in [0.25, 0.3) is 0 Å². The van der Waals surface area contributed by atoms with Crippen LogP contribution < -0.4 is 5.32 Å². The first-order valence-electron chi connectivity index (χ1n) is 16.5. The summed E-state index contributed by atoms with van der Waals surface area (Å²) in [6.07, 6.45) is 6.29. The largest absolute Gasteiger partial charge is 0.355 e. The van der Waals surface area contributed by atoms with Gasteiger partial charge in [-0.05, 0) is 98.1 Å². The minimum Gasteiger partial charge on any atom is -0.355 e. The molecule has 0 amide bonds. The van der Waals surface area contributed by atoms with E-state index in [0.717, 1.165) is 66.3 Å². The molecule has 49 heavy (non-hydrogen) atoms. The molecule has 0 heterocycles. The number of nitrogens with zero attached hydrogens (tertiary/aromatic N) is 1. The molecule has 7 aromatic rings. The highest BCUT2D eigenvalue weighted by Crippen LogP contribution is 2.35. The zero-order valence-corrected chi connectivity index (χ0v) is 28.0. The van der Waals surface area contributed by atoms with E-state index in [4.69, 9.17) is 12.6 Å². The Bertz CT molecular complexity index is 2220. The van der Waals surface area contributed by atoms with Crippen LogP contribution in [0.2, 0.25) is 0 Å². The molecule has 0 atom stereocenters. The topological polar surface area (TPSA) is 24.4 Å². The van der Waals surface area contributed by atoms with Crippen molar-refractivity contribution >= 4 is 42.4 Å². The SMILES string of the molecule is Sc1ccc(-c2cccc(-c3ccc(Nc4cccc(/C=N/Cc5ccccc5)c4)c(/C=C\c4ccccc4)c3)c2)cc1-c1ccccc1. The Kier molecular flexibility index (Phi) is 9.92. The Morgan fingerprint density at radius 3 is 1.88 bits per heavy atom. The lowest BCUT2D eigenvalue weighted by molar-refractivity contribution is 1.08. The van der Waals surface area contributed by atoms with Gasteiger partial charge < -0.3 is 5.32 Å². The highest BCUT2D eigenvalue weighted by atomic mass is 32.1. The van der Waals surface area contributed by atoms with Crippen molar-refractivity contribution in [1.29, 1.82) is 0 Å². The van der Waals surface area contributed by atoms with Gasteiger partial charge in [-0.1, -0.05) is 146 Å². The van der Waals surface area contributed by atoms with E-state index in [-0.39, 0.29) is 0 Å². The molecule has 0 bridgehead atoms. The molecule has 0 aliphatic carbocycles. The van der Waals surface area contributed by atoms with E-state index < -0.39 is 0 Å². The van der Waals surface area contributed by atoms with Gasteiger partial charge in [-0.2, -0.15) is 0 Å². The van der Waals surface area contributed by atoms with E-state index in [9.17, 15) is 0 Å². The van der Waals surface area contributed by atoms with Gasteiger partial charge >= 0.3 is 0 Å². The van der Waals surface area contributed by atoms with Crippen molar-refractivity contribution in [2.75, 3.05) is 5.32 Å². The van der Waals surface area contributed by atoms with Crippen molar-refractivity contribution in [1.82, 2.24) is 0 Å². The summed E-state index contributed by atoms with van der Waals surface area (Å²) in [7, 11) is 0. The fourth-order valence-electron chi connectivity index (χ4n) is 5.88. The number of thiol groups is 1. The number of rotatable bonds is 10. The number of anilines is 2. The van der Waals surface area contributed by atoms with Crippen LogP contribution in [0.25, 0.3) is 45.5 Å². The van der Waals surface area contributed by atoms with Gasteiger partial charge in [-0.25, -0.2) is 0 Å². The van der Waals surface area contributed by atoms with Crippen molar-refractivity contribution in [2.45, 2.75) is 11.4 Å². The number of nitrogens with one attached hydrogen (secondary N) is 1. The Hall–Kier alpha value is -5.90. The van der Waals surface area contributed by atoms with Crippen LogP contribution in [-0.4, -0.2) is 6.21 Å². The zero-order valence-electron chi connectivity index (χ0n) is 27.1. The van der Waals surface area contributed by atoms with Gasteiger partial charge in [0.05, 0.1) is 6.54 Å². The summed E-state index contributed by atoms with van der Waals surface area (Å²) in [6.45, 7) is 0.657. The van der Waals surface area contributed by atoms with E-state index in [1.165, 1.54) is 5.56 Å². The third-order valence-electron chi connectivity index (χ3n) is 8.44. The highest BCUT2D eigenvalue weighted by molar-refractivity contribution is 7.80. The third kappa shape index (κ3) is 8.16. The maximum absolute atomic E-state index is 4.76. The fourth-order valence-corrected chi connectivity index (χ4v) is 6.15. The summed E-state index contributed by atoms with van der Waals surface area (Å²) < 4.78 is 0.